The molecule has 0 aromatic heterocycles. The van der Waals surface area contributed by atoms with Gasteiger partial charge in [0.2, 0.25) is 0 Å². The second kappa shape index (κ2) is 6.62. The summed E-state index contributed by atoms with van der Waals surface area (Å²) in [6.07, 6.45) is 0.633. The summed E-state index contributed by atoms with van der Waals surface area (Å²) >= 11 is 0. The zero-order chi connectivity index (χ0) is 11.0. The summed E-state index contributed by atoms with van der Waals surface area (Å²) in [5.41, 5.74) is 4.11. The highest BCUT2D eigenvalue weighted by Crippen LogP contribution is 2.12. The number of hydrogen-bond acceptors (Lipinski definition) is 4. The molecule has 0 aliphatic rings. The van der Waals surface area contributed by atoms with Crippen LogP contribution >= 0.6 is 0 Å². The standard InChI is InChI=1S/C9H20N2O3/c1-3-9(13,4-2)7-11-5-6-14-8(10)12/h11,13H,3-7H2,1-2H3,(H2,10,12). The minimum atomic E-state index is -0.770. The first kappa shape index (κ1) is 13.2. The van der Waals surface area contributed by atoms with Crippen LogP contribution < -0.4 is 11.1 Å². The highest BCUT2D eigenvalue weighted by Gasteiger charge is 2.20. The smallest absolute Gasteiger partial charge is 0.404 e. The third kappa shape index (κ3) is 5.77. The van der Waals surface area contributed by atoms with Gasteiger partial charge in [0.25, 0.3) is 0 Å². The molecule has 0 unspecified atom stereocenters. The number of ether oxygens (including phenoxy) is 1. The molecular formula is C9H20N2O3. The van der Waals surface area contributed by atoms with Gasteiger partial charge in [0.05, 0.1) is 5.60 Å². The Morgan fingerprint density at radius 2 is 2.07 bits per heavy atom. The lowest BCUT2D eigenvalue weighted by molar-refractivity contribution is 0.0316. The van der Waals surface area contributed by atoms with Gasteiger partial charge >= 0.3 is 6.09 Å². The molecule has 0 saturated heterocycles. The van der Waals surface area contributed by atoms with Crippen molar-refractivity contribution in [3.63, 3.8) is 0 Å². The minimum absolute atomic E-state index is 0.235. The van der Waals surface area contributed by atoms with E-state index in [1.807, 2.05) is 13.8 Å². The third-order valence-electron chi connectivity index (χ3n) is 2.29. The van der Waals surface area contributed by atoms with Gasteiger partial charge in [-0.15, -0.1) is 0 Å². The van der Waals surface area contributed by atoms with Crippen LogP contribution in [0.3, 0.4) is 0 Å². The quantitative estimate of drug-likeness (QED) is 0.518. The number of amides is 1. The molecule has 5 nitrogen and oxygen atoms in total. The third-order valence-corrected chi connectivity index (χ3v) is 2.29. The Kier molecular flexibility index (Phi) is 6.23. The van der Waals surface area contributed by atoms with Crippen LogP contribution in [0, 0.1) is 0 Å². The van der Waals surface area contributed by atoms with E-state index in [0.29, 0.717) is 25.9 Å². The van der Waals surface area contributed by atoms with Gasteiger partial charge in [-0.3, -0.25) is 0 Å². The normalized spacial score (nSPS) is 11.4. The molecular weight excluding hydrogens is 184 g/mol. The zero-order valence-electron chi connectivity index (χ0n) is 8.88. The Labute approximate surface area is 84.6 Å². The summed E-state index contributed by atoms with van der Waals surface area (Å²) in [5, 5.41) is 12.8. The van der Waals surface area contributed by atoms with Gasteiger partial charge in [0.1, 0.15) is 6.61 Å². The molecule has 0 saturated carbocycles. The molecule has 0 aromatic rings. The fraction of sp³-hybridized carbons (Fsp3) is 0.889. The zero-order valence-corrected chi connectivity index (χ0v) is 8.88. The SMILES string of the molecule is CCC(O)(CC)CNCCOC(N)=O. The Balaban J connectivity index is 3.47. The molecule has 0 radical (unpaired) electrons. The summed E-state index contributed by atoms with van der Waals surface area (Å²) in [5.74, 6) is 0. The largest absolute Gasteiger partial charge is 0.448 e. The molecule has 0 fully saturated rings. The van der Waals surface area contributed by atoms with E-state index in [1.165, 1.54) is 0 Å². The molecule has 0 atom stereocenters. The molecule has 0 aromatic carbocycles. The summed E-state index contributed by atoms with van der Waals surface area (Å²) in [7, 11) is 0. The van der Waals surface area contributed by atoms with Gasteiger partial charge in [0.15, 0.2) is 0 Å². The van der Waals surface area contributed by atoms with Gasteiger partial charge in [-0.1, -0.05) is 13.8 Å². The number of carbonyl (C=O) groups excluding carboxylic acids is 1. The van der Waals surface area contributed by atoms with Crippen LogP contribution in [0.15, 0.2) is 0 Å². The van der Waals surface area contributed by atoms with Crippen LogP contribution in [0.1, 0.15) is 26.7 Å². The van der Waals surface area contributed by atoms with Crippen molar-refractivity contribution in [1.29, 1.82) is 0 Å². The number of carbonyl (C=O) groups is 1. The molecule has 0 rings (SSSR count). The molecule has 0 bridgehead atoms. The second-order valence-corrected chi connectivity index (χ2v) is 3.28. The first-order valence-corrected chi connectivity index (χ1v) is 4.89. The van der Waals surface area contributed by atoms with Gasteiger partial charge in [-0.05, 0) is 12.8 Å². The summed E-state index contributed by atoms with van der Waals surface area (Å²) in [6.45, 7) is 5.11. The fourth-order valence-corrected chi connectivity index (χ4v) is 1.04. The van der Waals surface area contributed by atoms with Crippen LogP contribution in [0.4, 0.5) is 4.79 Å². The Morgan fingerprint density at radius 1 is 1.50 bits per heavy atom. The first-order chi connectivity index (χ1) is 6.54. The highest BCUT2D eigenvalue weighted by molar-refractivity contribution is 5.64. The number of primary amides is 1. The predicted octanol–water partition coefficient (Wildman–Crippen LogP) is 0.222. The van der Waals surface area contributed by atoms with Gasteiger partial charge in [-0.2, -0.15) is 0 Å². The van der Waals surface area contributed by atoms with E-state index in [0.717, 1.165) is 0 Å². The maximum Gasteiger partial charge on any atom is 0.404 e. The summed E-state index contributed by atoms with van der Waals surface area (Å²) < 4.78 is 4.52. The Hall–Kier alpha value is -0.810. The number of nitrogens with one attached hydrogen (secondary N) is 1. The molecule has 5 heteroatoms. The Morgan fingerprint density at radius 3 is 2.50 bits per heavy atom. The lowest BCUT2D eigenvalue weighted by Crippen LogP contribution is -2.40. The number of aliphatic hydroxyl groups is 1. The van der Waals surface area contributed by atoms with Gasteiger partial charge in [0, 0.05) is 13.1 Å². The van der Waals surface area contributed by atoms with E-state index in [2.05, 4.69) is 10.1 Å². The van der Waals surface area contributed by atoms with Crippen LogP contribution in [-0.4, -0.2) is 36.5 Å². The number of nitrogens with two attached hydrogens (primary N) is 1. The van der Waals surface area contributed by atoms with Crippen LogP contribution in [0.5, 0.6) is 0 Å². The van der Waals surface area contributed by atoms with E-state index in [-0.39, 0.29) is 6.61 Å². The van der Waals surface area contributed by atoms with E-state index in [4.69, 9.17) is 5.73 Å². The molecule has 14 heavy (non-hydrogen) atoms. The molecule has 4 N–H and O–H groups in total. The topological polar surface area (TPSA) is 84.6 Å². The number of hydrogen-bond donors (Lipinski definition) is 3. The van der Waals surface area contributed by atoms with Crippen molar-refractivity contribution in [3.05, 3.63) is 0 Å². The maximum absolute atomic E-state index is 10.2. The Bertz CT molecular complexity index is 169. The highest BCUT2D eigenvalue weighted by atomic mass is 16.5. The average molecular weight is 204 g/mol. The van der Waals surface area contributed by atoms with E-state index < -0.39 is 11.7 Å². The fourth-order valence-electron chi connectivity index (χ4n) is 1.04. The van der Waals surface area contributed by atoms with Crippen LogP contribution in [0.2, 0.25) is 0 Å². The lowest BCUT2D eigenvalue weighted by atomic mass is 9.98. The van der Waals surface area contributed by atoms with Crippen molar-refractivity contribution in [2.24, 2.45) is 5.73 Å². The molecule has 1 amide bonds. The van der Waals surface area contributed by atoms with Crippen molar-refractivity contribution < 1.29 is 14.6 Å². The molecule has 0 heterocycles. The van der Waals surface area contributed by atoms with Crippen molar-refractivity contribution in [1.82, 2.24) is 5.32 Å². The molecule has 0 aliphatic carbocycles. The van der Waals surface area contributed by atoms with E-state index in [1.54, 1.807) is 0 Å². The molecule has 0 spiro atoms. The minimum Gasteiger partial charge on any atom is -0.448 e. The van der Waals surface area contributed by atoms with Crippen molar-refractivity contribution in [2.75, 3.05) is 19.7 Å². The maximum atomic E-state index is 10.2. The van der Waals surface area contributed by atoms with Crippen molar-refractivity contribution >= 4 is 6.09 Å². The van der Waals surface area contributed by atoms with Crippen LogP contribution in [-0.2, 0) is 4.74 Å². The van der Waals surface area contributed by atoms with Crippen molar-refractivity contribution in [3.8, 4) is 0 Å². The summed E-state index contributed by atoms with van der Waals surface area (Å²) in [6, 6.07) is 0. The first-order valence-electron chi connectivity index (χ1n) is 4.89. The lowest BCUT2D eigenvalue weighted by Gasteiger charge is -2.25. The second-order valence-electron chi connectivity index (χ2n) is 3.28. The average Bonchev–Trinajstić information content (AvgIpc) is 2.16. The monoisotopic (exact) mass is 204 g/mol. The van der Waals surface area contributed by atoms with Gasteiger partial charge < -0.3 is 20.9 Å². The van der Waals surface area contributed by atoms with Crippen LogP contribution in [0.25, 0.3) is 0 Å². The van der Waals surface area contributed by atoms with Gasteiger partial charge in [-0.25, -0.2) is 4.79 Å². The number of rotatable bonds is 7. The van der Waals surface area contributed by atoms with E-state index in [9.17, 15) is 9.90 Å². The molecule has 84 valence electrons. The predicted molar refractivity (Wildman–Crippen MR) is 53.9 cm³/mol. The van der Waals surface area contributed by atoms with E-state index >= 15 is 0 Å². The van der Waals surface area contributed by atoms with Crippen molar-refractivity contribution in [2.45, 2.75) is 32.3 Å². The summed E-state index contributed by atoms with van der Waals surface area (Å²) in [4.78, 5) is 10.2. The molecule has 0 aliphatic heterocycles.